The van der Waals surface area contributed by atoms with Gasteiger partial charge >= 0.3 is 0 Å². The molecule has 280 valence electrons. The van der Waals surface area contributed by atoms with Gasteiger partial charge in [0.25, 0.3) is 0 Å². The zero-order valence-corrected chi connectivity index (χ0v) is 33.3. The maximum absolute atomic E-state index is 2.43. The van der Waals surface area contributed by atoms with Gasteiger partial charge in [0.15, 0.2) is 0 Å². The smallest absolute Gasteiger partial charge is 0.0542 e. The van der Waals surface area contributed by atoms with E-state index < -0.39 is 0 Å². The maximum atomic E-state index is 2.43. The molecular formula is C56H35N3S. The lowest BCUT2D eigenvalue weighted by atomic mass is 10.0. The van der Waals surface area contributed by atoms with Crippen molar-refractivity contribution in [2.45, 2.75) is 0 Å². The summed E-state index contributed by atoms with van der Waals surface area (Å²) in [6, 6.07) is 78.6. The number of nitrogens with zero attached hydrogens (tertiary/aromatic N) is 3. The Labute approximate surface area is 349 Å². The van der Waals surface area contributed by atoms with Crippen molar-refractivity contribution in [2.75, 3.05) is 0 Å². The van der Waals surface area contributed by atoms with E-state index in [9.17, 15) is 0 Å². The molecule has 0 radical (unpaired) electrons. The van der Waals surface area contributed by atoms with Crippen LogP contribution in [0.25, 0.3) is 113 Å². The molecule has 0 atom stereocenters. The van der Waals surface area contributed by atoms with Crippen molar-refractivity contribution in [1.29, 1.82) is 0 Å². The molecule has 13 aromatic rings. The van der Waals surface area contributed by atoms with E-state index in [0.717, 1.165) is 49.9 Å². The van der Waals surface area contributed by atoms with Crippen molar-refractivity contribution in [3.8, 4) is 17.1 Å². The Kier molecular flexibility index (Phi) is 7.18. The number of fused-ring (bicyclic) bond motifs is 13. The lowest BCUT2D eigenvalue weighted by Gasteiger charge is -2.15. The maximum Gasteiger partial charge on any atom is 0.0542 e. The summed E-state index contributed by atoms with van der Waals surface area (Å²) in [6.45, 7) is 0. The van der Waals surface area contributed by atoms with Crippen LogP contribution in [-0.4, -0.2) is 13.7 Å². The lowest BCUT2D eigenvalue weighted by Crippen LogP contribution is -1.98. The molecule has 4 heteroatoms. The average Bonchev–Trinajstić information content (AvgIpc) is 3.84. The van der Waals surface area contributed by atoms with E-state index >= 15 is 0 Å². The van der Waals surface area contributed by atoms with Gasteiger partial charge in [0.05, 0.1) is 11.0 Å². The molecule has 3 aromatic heterocycles. The van der Waals surface area contributed by atoms with Gasteiger partial charge in [0.1, 0.15) is 0 Å². The highest BCUT2D eigenvalue weighted by Gasteiger charge is 2.15. The zero-order valence-electron chi connectivity index (χ0n) is 32.5. The van der Waals surface area contributed by atoms with Crippen LogP contribution in [0.15, 0.2) is 212 Å². The van der Waals surface area contributed by atoms with Gasteiger partial charge in [-0.25, -0.2) is 0 Å². The standard InChI is InChI=1S/C56H35N3S/c1-2-12-40(13-3-1)59-53-18-6-4-16-47(53)52-34-45(27-29-54(52)59)57-41-14-8-10-38(30-41)39-11-9-15-42(31-39)58(46-26-28-49-48-17-5-7-19-55(48)60-56(49)35-46)44-25-23-37-21-20-36-22-24-43(57)32-50(36)51(37)33-44/h1-35H. The summed E-state index contributed by atoms with van der Waals surface area (Å²) in [5, 5.41) is 12.3. The highest BCUT2D eigenvalue weighted by Crippen LogP contribution is 2.38. The topological polar surface area (TPSA) is 14.8 Å². The Balaban J connectivity index is 1.14. The predicted octanol–water partition coefficient (Wildman–Crippen LogP) is 15.6. The number of rotatable bonds is 3. The van der Waals surface area contributed by atoms with Gasteiger partial charge < -0.3 is 13.7 Å². The average molecular weight is 782 g/mol. The monoisotopic (exact) mass is 781 g/mol. The Hall–Kier alpha value is -7.66. The van der Waals surface area contributed by atoms with Gasteiger partial charge in [-0.3, -0.25) is 0 Å². The second kappa shape index (κ2) is 12.9. The molecule has 0 unspecified atom stereocenters. The quantitative estimate of drug-likeness (QED) is 0.159. The molecule has 0 aliphatic rings. The molecule has 0 aliphatic heterocycles. The zero-order chi connectivity index (χ0) is 39.3. The van der Waals surface area contributed by atoms with Gasteiger partial charge in [-0.15, -0.1) is 11.3 Å². The minimum Gasteiger partial charge on any atom is -0.310 e. The van der Waals surface area contributed by atoms with Crippen molar-refractivity contribution in [3.63, 3.8) is 0 Å². The van der Waals surface area contributed by atoms with Crippen molar-refractivity contribution in [3.05, 3.63) is 212 Å². The number of aromatic nitrogens is 3. The number of benzene rings is 10. The molecule has 10 aromatic carbocycles. The van der Waals surface area contributed by atoms with Crippen molar-refractivity contribution in [2.24, 2.45) is 0 Å². The third-order valence-corrected chi connectivity index (χ3v) is 13.5. The second-order valence-electron chi connectivity index (χ2n) is 15.8. The number of thiophene rings is 1. The molecule has 60 heavy (non-hydrogen) atoms. The fourth-order valence-electron chi connectivity index (χ4n) is 9.66. The molecule has 8 bridgehead atoms. The van der Waals surface area contributed by atoms with Crippen molar-refractivity contribution in [1.82, 2.24) is 13.7 Å². The largest absolute Gasteiger partial charge is 0.310 e. The van der Waals surface area contributed by atoms with E-state index in [1.165, 1.54) is 63.5 Å². The minimum absolute atomic E-state index is 1.11. The highest BCUT2D eigenvalue weighted by atomic mass is 32.1. The molecule has 0 saturated carbocycles. The van der Waals surface area contributed by atoms with Crippen LogP contribution in [0.3, 0.4) is 0 Å². The van der Waals surface area contributed by atoms with Gasteiger partial charge in [-0.2, -0.15) is 0 Å². The fourth-order valence-corrected chi connectivity index (χ4v) is 10.8. The van der Waals surface area contributed by atoms with Gasteiger partial charge in [0.2, 0.25) is 0 Å². The number of hydrogen-bond acceptors (Lipinski definition) is 1. The molecule has 3 heterocycles. The number of hydrogen-bond donors (Lipinski definition) is 0. The minimum atomic E-state index is 1.11. The molecule has 0 aliphatic carbocycles. The van der Waals surface area contributed by atoms with E-state index in [2.05, 4.69) is 226 Å². The van der Waals surface area contributed by atoms with Crippen LogP contribution in [0.4, 0.5) is 0 Å². The molecule has 0 N–H and O–H groups in total. The lowest BCUT2D eigenvalue weighted by molar-refractivity contribution is 1.15. The first-order valence-corrected chi connectivity index (χ1v) is 21.3. The molecule has 3 nitrogen and oxygen atoms in total. The molecule has 0 amide bonds. The van der Waals surface area contributed by atoms with E-state index in [0.29, 0.717) is 0 Å². The summed E-state index contributed by atoms with van der Waals surface area (Å²) in [5.74, 6) is 0. The third kappa shape index (κ3) is 5.08. The highest BCUT2D eigenvalue weighted by molar-refractivity contribution is 7.25. The van der Waals surface area contributed by atoms with Crippen LogP contribution in [0, 0.1) is 0 Å². The first kappa shape index (κ1) is 33.3. The van der Waals surface area contributed by atoms with E-state index in [-0.39, 0.29) is 0 Å². The second-order valence-corrected chi connectivity index (χ2v) is 16.9. The SMILES string of the molecule is c1ccc(-n2c3ccccc3c3cc(-n4c5cccc(c5)c5cccc(c5)n(-c5ccc6c(c5)sc5ccccc56)c5ccc6ccc7ccc4cc7c6c5)ccc32)cc1. The van der Waals surface area contributed by atoms with Crippen LogP contribution in [0.1, 0.15) is 0 Å². The first-order chi connectivity index (χ1) is 29.7. The summed E-state index contributed by atoms with van der Waals surface area (Å²) < 4.78 is 9.85. The fraction of sp³-hybridized carbons (Fsp3) is 0. The molecule has 0 spiro atoms. The van der Waals surface area contributed by atoms with Crippen molar-refractivity contribution < 1.29 is 0 Å². The van der Waals surface area contributed by atoms with Crippen LogP contribution >= 0.6 is 11.3 Å². The Morgan fingerprint density at radius 1 is 0.250 bits per heavy atom. The first-order valence-electron chi connectivity index (χ1n) is 20.5. The van der Waals surface area contributed by atoms with Crippen LogP contribution < -0.4 is 0 Å². The third-order valence-electron chi connectivity index (χ3n) is 12.4. The Morgan fingerprint density at radius 3 is 1.52 bits per heavy atom. The summed E-state index contributed by atoms with van der Waals surface area (Å²) in [6.07, 6.45) is 0. The summed E-state index contributed by atoms with van der Waals surface area (Å²) in [7, 11) is 0. The van der Waals surface area contributed by atoms with E-state index in [4.69, 9.17) is 0 Å². The normalized spacial score (nSPS) is 12.0. The summed E-state index contributed by atoms with van der Waals surface area (Å²) in [4.78, 5) is 0. The Bertz CT molecular complexity index is 3950. The van der Waals surface area contributed by atoms with Gasteiger partial charge in [-0.1, -0.05) is 109 Å². The van der Waals surface area contributed by atoms with Gasteiger partial charge in [-0.05, 0) is 135 Å². The van der Waals surface area contributed by atoms with Crippen LogP contribution in [-0.2, 0) is 0 Å². The van der Waals surface area contributed by atoms with E-state index in [1.807, 2.05) is 11.3 Å². The predicted molar refractivity (Wildman–Crippen MR) is 257 cm³/mol. The van der Waals surface area contributed by atoms with Crippen LogP contribution in [0.2, 0.25) is 0 Å². The molecular weight excluding hydrogens is 747 g/mol. The Morgan fingerprint density at radius 2 is 0.800 bits per heavy atom. The van der Waals surface area contributed by atoms with Gasteiger partial charge in [0, 0.05) is 70.1 Å². The summed E-state index contributed by atoms with van der Waals surface area (Å²) in [5.41, 5.74) is 10.3. The molecule has 13 rings (SSSR count). The van der Waals surface area contributed by atoms with Crippen LogP contribution in [0.5, 0.6) is 0 Å². The summed E-state index contributed by atoms with van der Waals surface area (Å²) >= 11 is 1.86. The van der Waals surface area contributed by atoms with Crippen molar-refractivity contribution >= 4 is 108 Å². The van der Waals surface area contributed by atoms with E-state index in [1.54, 1.807) is 0 Å². The molecule has 0 saturated heterocycles. The molecule has 0 fully saturated rings. The number of para-hydroxylation sites is 2.